The summed E-state index contributed by atoms with van der Waals surface area (Å²) in [6.07, 6.45) is 0. The predicted octanol–water partition coefficient (Wildman–Crippen LogP) is 6.77. The molecule has 0 aliphatic carbocycles. The molecule has 0 aromatic heterocycles. The van der Waals surface area contributed by atoms with Gasteiger partial charge in [0.2, 0.25) is 0 Å². The Labute approximate surface area is 204 Å². The molecule has 0 saturated carbocycles. The lowest BCUT2D eigenvalue weighted by atomic mass is 10.1. The Kier molecular flexibility index (Phi) is 7.16. The van der Waals surface area contributed by atoms with Crippen LogP contribution in [-0.4, -0.2) is 8.42 Å². The van der Waals surface area contributed by atoms with Crippen LogP contribution in [0.15, 0.2) is 112 Å². The number of hydrogen-bond donors (Lipinski definition) is 1. The van der Waals surface area contributed by atoms with E-state index in [1.54, 1.807) is 24.3 Å². The smallest absolute Gasteiger partial charge is 0.261 e. The number of hydrogen-bond acceptors (Lipinski definition) is 3. The molecule has 0 heterocycles. The standard InChI is InChI=1S/C27H25BrN2O2S/c1-21-12-15-25(16-13-21)33(31,32)29-26-18-24(28)14-17-27(26)30(19-22-8-4-2-5-9-22)20-23-10-6-3-7-11-23/h2-18,29H,19-20H2,1H3. The second-order valence-electron chi connectivity index (χ2n) is 7.91. The van der Waals surface area contributed by atoms with Gasteiger partial charge in [-0.3, -0.25) is 4.72 Å². The molecule has 0 fully saturated rings. The van der Waals surface area contributed by atoms with E-state index >= 15 is 0 Å². The van der Waals surface area contributed by atoms with E-state index in [9.17, 15) is 8.42 Å². The normalized spacial score (nSPS) is 11.2. The third-order valence-corrected chi connectivity index (χ3v) is 7.18. The van der Waals surface area contributed by atoms with Gasteiger partial charge in [-0.2, -0.15) is 0 Å². The van der Waals surface area contributed by atoms with Gasteiger partial charge in [-0.25, -0.2) is 8.42 Å². The van der Waals surface area contributed by atoms with E-state index in [2.05, 4.69) is 49.8 Å². The molecule has 0 bridgehead atoms. The lowest BCUT2D eigenvalue weighted by molar-refractivity contribution is 0.601. The molecule has 0 radical (unpaired) electrons. The van der Waals surface area contributed by atoms with Crippen LogP contribution < -0.4 is 9.62 Å². The van der Waals surface area contributed by atoms with E-state index in [1.165, 1.54) is 0 Å². The fourth-order valence-electron chi connectivity index (χ4n) is 3.62. The summed E-state index contributed by atoms with van der Waals surface area (Å²) in [7, 11) is -3.75. The molecule has 168 valence electrons. The van der Waals surface area contributed by atoms with Gasteiger partial charge in [-0.1, -0.05) is 94.3 Å². The first kappa shape index (κ1) is 23.1. The van der Waals surface area contributed by atoms with Crippen molar-refractivity contribution in [2.45, 2.75) is 24.9 Å². The maximum absolute atomic E-state index is 13.2. The Morgan fingerprint density at radius 3 is 1.85 bits per heavy atom. The Hall–Kier alpha value is -3.09. The Bertz CT molecular complexity index is 1270. The van der Waals surface area contributed by atoms with Crippen molar-refractivity contribution in [2.24, 2.45) is 0 Å². The number of nitrogens with one attached hydrogen (secondary N) is 1. The van der Waals surface area contributed by atoms with Crippen LogP contribution in [0.1, 0.15) is 16.7 Å². The van der Waals surface area contributed by atoms with Crippen molar-refractivity contribution in [1.82, 2.24) is 0 Å². The summed E-state index contributed by atoms with van der Waals surface area (Å²) in [4.78, 5) is 2.42. The summed E-state index contributed by atoms with van der Waals surface area (Å²) >= 11 is 3.50. The minimum absolute atomic E-state index is 0.233. The molecule has 0 aliphatic rings. The molecular formula is C27H25BrN2O2S. The Morgan fingerprint density at radius 1 is 0.758 bits per heavy atom. The fourth-order valence-corrected chi connectivity index (χ4v) is 5.05. The third-order valence-electron chi connectivity index (χ3n) is 5.31. The van der Waals surface area contributed by atoms with Gasteiger partial charge in [0, 0.05) is 17.6 Å². The van der Waals surface area contributed by atoms with Crippen molar-refractivity contribution in [1.29, 1.82) is 0 Å². The lowest BCUT2D eigenvalue weighted by Crippen LogP contribution is -2.24. The summed E-state index contributed by atoms with van der Waals surface area (Å²) in [5.74, 6) is 0. The van der Waals surface area contributed by atoms with E-state index in [1.807, 2.05) is 61.5 Å². The van der Waals surface area contributed by atoms with Gasteiger partial charge in [-0.15, -0.1) is 0 Å². The molecule has 33 heavy (non-hydrogen) atoms. The van der Waals surface area contributed by atoms with Crippen LogP contribution in [0.3, 0.4) is 0 Å². The maximum atomic E-state index is 13.2. The van der Waals surface area contributed by atoms with Crippen molar-refractivity contribution >= 4 is 37.3 Å². The van der Waals surface area contributed by atoms with E-state index < -0.39 is 10.0 Å². The zero-order chi connectivity index (χ0) is 23.3. The number of halogens is 1. The second-order valence-corrected chi connectivity index (χ2v) is 10.5. The molecule has 6 heteroatoms. The van der Waals surface area contributed by atoms with Crippen LogP contribution in [-0.2, 0) is 23.1 Å². The summed E-state index contributed by atoms with van der Waals surface area (Å²) in [6, 6.07) is 32.9. The molecule has 0 saturated heterocycles. The lowest BCUT2D eigenvalue weighted by Gasteiger charge is -2.28. The van der Waals surface area contributed by atoms with Gasteiger partial charge < -0.3 is 4.90 Å². The molecule has 4 aromatic carbocycles. The monoisotopic (exact) mass is 520 g/mol. The largest absolute Gasteiger partial charge is 0.361 e. The first-order valence-electron chi connectivity index (χ1n) is 10.6. The molecule has 1 N–H and O–H groups in total. The highest BCUT2D eigenvalue weighted by atomic mass is 79.9. The number of benzene rings is 4. The van der Waals surface area contributed by atoms with Crippen molar-refractivity contribution in [3.8, 4) is 0 Å². The highest BCUT2D eigenvalue weighted by Crippen LogP contribution is 2.33. The number of rotatable bonds is 8. The van der Waals surface area contributed by atoms with E-state index in [4.69, 9.17) is 0 Å². The highest BCUT2D eigenvalue weighted by molar-refractivity contribution is 9.10. The second kappa shape index (κ2) is 10.2. The van der Waals surface area contributed by atoms with Gasteiger partial charge in [0.15, 0.2) is 0 Å². The minimum atomic E-state index is -3.75. The highest BCUT2D eigenvalue weighted by Gasteiger charge is 2.19. The van der Waals surface area contributed by atoms with Crippen LogP contribution in [0, 0.1) is 6.92 Å². The third kappa shape index (κ3) is 6.03. The zero-order valence-corrected chi connectivity index (χ0v) is 20.7. The van der Waals surface area contributed by atoms with Crippen LogP contribution in [0.5, 0.6) is 0 Å². The predicted molar refractivity (Wildman–Crippen MR) is 139 cm³/mol. The van der Waals surface area contributed by atoms with Crippen molar-refractivity contribution in [2.75, 3.05) is 9.62 Å². The van der Waals surface area contributed by atoms with E-state index in [0.717, 1.165) is 26.9 Å². The van der Waals surface area contributed by atoms with E-state index in [0.29, 0.717) is 18.8 Å². The van der Waals surface area contributed by atoms with Crippen molar-refractivity contribution in [3.63, 3.8) is 0 Å². The molecule has 0 atom stereocenters. The average Bonchev–Trinajstić information content (AvgIpc) is 2.80. The molecule has 0 unspecified atom stereocenters. The number of aryl methyl sites for hydroxylation is 1. The Morgan fingerprint density at radius 2 is 1.30 bits per heavy atom. The minimum Gasteiger partial charge on any atom is -0.361 e. The number of nitrogens with zero attached hydrogens (tertiary/aromatic N) is 1. The van der Waals surface area contributed by atoms with Gasteiger partial charge in [0.05, 0.1) is 16.3 Å². The summed E-state index contributed by atoms with van der Waals surface area (Å²) < 4.78 is 30.0. The molecule has 4 nitrogen and oxygen atoms in total. The van der Waals surface area contributed by atoms with Crippen LogP contribution in [0.25, 0.3) is 0 Å². The SMILES string of the molecule is Cc1ccc(S(=O)(=O)Nc2cc(Br)ccc2N(Cc2ccccc2)Cc2ccccc2)cc1. The molecule has 0 aliphatic heterocycles. The molecule has 0 amide bonds. The number of sulfonamides is 1. The zero-order valence-electron chi connectivity index (χ0n) is 18.3. The topological polar surface area (TPSA) is 49.4 Å². The van der Waals surface area contributed by atoms with Crippen LogP contribution >= 0.6 is 15.9 Å². The van der Waals surface area contributed by atoms with Crippen molar-refractivity contribution < 1.29 is 8.42 Å². The first-order valence-corrected chi connectivity index (χ1v) is 12.9. The van der Waals surface area contributed by atoms with Gasteiger partial charge >= 0.3 is 0 Å². The molecule has 4 rings (SSSR count). The quantitative estimate of drug-likeness (QED) is 0.279. The summed E-state index contributed by atoms with van der Waals surface area (Å²) in [5, 5.41) is 0. The average molecular weight is 521 g/mol. The molecule has 4 aromatic rings. The van der Waals surface area contributed by atoms with Gasteiger partial charge in [-0.05, 0) is 48.4 Å². The van der Waals surface area contributed by atoms with Crippen LogP contribution in [0.4, 0.5) is 11.4 Å². The Balaban J connectivity index is 1.73. The van der Waals surface area contributed by atoms with Gasteiger partial charge in [0.1, 0.15) is 0 Å². The van der Waals surface area contributed by atoms with Crippen LogP contribution in [0.2, 0.25) is 0 Å². The van der Waals surface area contributed by atoms with Crippen molar-refractivity contribution in [3.05, 3.63) is 124 Å². The molecule has 0 spiro atoms. The summed E-state index contributed by atoms with van der Waals surface area (Å²) in [6.45, 7) is 3.20. The molecular weight excluding hydrogens is 496 g/mol. The van der Waals surface area contributed by atoms with E-state index in [-0.39, 0.29) is 4.90 Å². The van der Waals surface area contributed by atoms with Gasteiger partial charge in [0.25, 0.3) is 10.0 Å². The first-order chi connectivity index (χ1) is 15.9. The summed E-state index contributed by atoms with van der Waals surface area (Å²) in [5.41, 5.74) is 4.62. The fraction of sp³-hybridized carbons (Fsp3) is 0.111. The maximum Gasteiger partial charge on any atom is 0.261 e. The number of anilines is 2.